The first-order valence-corrected chi connectivity index (χ1v) is 14.2. The molecule has 4 rings (SSSR count). The van der Waals surface area contributed by atoms with Crippen molar-refractivity contribution in [3.8, 4) is 17.0 Å². The number of pyridine rings is 1. The van der Waals surface area contributed by atoms with Crippen LogP contribution >= 0.6 is 0 Å². The number of likely N-dealkylation sites (N-methyl/N-ethyl adjacent to an activating group) is 1. The highest BCUT2D eigenvalue weighted by Gasteiger charge is 2.38. The van der Waals surface area contributed by atoms with E-state index in [1.54, 1.807) is 6.20 Å². The molecule has 1 aliphatic rings. The number of nitrogens with zero attached hydrogens (tertiary/aromatic N) is 3. The fourth-order valence-electron chi connectivity index (χ4n) is 5.29. The van der Waals surface area contributed by atoms with Crippen molar-refractivity contribution in [3.05, 3.63) is 77.2 Å². The summed E-state index contributed by atoms with van der Waals surface area (Å²) in [7, 11) is 1.89. The van der Waals surface area contributed by atoms with Gasteiger partial charge < -0.3 is 25.2 Å². The number of alkyl halides is 3. The van der Waals surface area contributed by atoms with E-state index < -0.39 is 29.0 Å². The molecule has 11 heteroatoms. The van der Waals surface area contributed by atoms with Crippen molar-refractivity contribution in [2.75, 3.05) is 51.3 Å². The third-order valence-corrected chi connectivity index (χ3v) is 7.38. The maximum absolute atomic E-state index is 13.7. The molecule has 0 aliphatic carbocycles. The van der Waals surface area contributed by atoms with Crippen LogP contribution in [0.25, 0.3) is 11.1 Å². The first kappa shape index (κ1) is 31.2. The highest BCUT2D eigenvalue weighted by molar-refractivity contribution is 5.96. The molecule has 2 aromatic carbocycles. The van der Waals surface area contributed by atoms with Crippen LogP contribution in [0.15, 0.2) is 54.7 Å². The number of aromatic nitrogens is 1. The van der Waals surface area contributed by atoms with Gasteiger partial charge in [-0.1, -0.05) is 13.0 Å². The zero-order chi connectivity index (χ0) is 30.3. The monoisotopic (exact) mass is 587 g/mol. The molecule has 0 unspecified atom stereocenters. The number of halogens is 4. The van der Waals surface area contributed by atoms with Gasteiger partial charge >= 0.3 is 6.18 Å². The molecule has 0 radical (unpaired) electrons. The lowest BCUT2D eigenvalue weighted by atomic mass is 9.99. The van der Waals surface area contributed by atoms with E-state index in [9.17, 15) is 22.4 Å². The fraction of sp³-hybridized carbons (Fsp3) is 0.419. The maximum atomic E-state index is 13.7. The van der Waals surface area contributed by atoms with Gasteiger partial charge in [0.2, 0.25) is 5.88 Å². The number of piperazine rings is 1. The van der Waals surface area contributed by atoms with Crippen molar-refractivity contribution in [1.29, 1.82) is 0 Å². The number of amides is 1. The molecule has 1 aromatic heterocycles. The van der Waals surface area contributed by atoms with Gasteiger partial charge in [0, 0.05) is 62.8 Å². The molecule has 226 valence electrons. The number of carbonyl (C=O) groups excluding carboxylic acids is 1. The summed E-state index contributed by atoms with van der Waals surface area (Å²) in [5.41, 5.74) is 2.09. The largest absolute Gasteiger partial charge is 0.478 e. The van der Waals surface area contributed by atoms with E-state index in [0.717, 1.165) is 47.6 Å². The van der Waals surface area contributed by atoms with Crippen LogP contribution < -0.4 is 20.3 Å². The molecule has 7 nitrogen and oxygen atoms in total. The highest BCUT2D eigenvalue weighted by atomic mass is 19.4. The van der Waals surface area contributed by atoms with Crippen LogP contribution in [0.1, 0.15) is 41.8 Å². The van der Waals surface area contributed by atoms with Crippen molar-refractivity contribution in [2.45, 2.75) is 39.0 Å². The highest BCUT2D eigenvalue weighted by Crippen LogP contribution is 2.36. The van der Waals surface area contributed by atoms with Crippen molar-refractivity contribution in [1.82, 2.24) is 20.5 Å². The van der Waals surface area contributed by atoms with E-state index in [4.69, 9.17) is 4.74 Å². The Kier molecular flexibility index (Phi) is 10.4. The fourth-order valence-corrected chi connectivity index (χ4v) is 5.29. The van der Waals surface area contributed by atoms with Gasteiger partial charge in [-0.05, 0) is 74.0 Å². The van der Waals surface area contributed by atoms with Gasteiger partial charge in [-0.2, -0.15) is 13.2 Å². The van der Waals surface area contributed by atoms with Gasteiger partial charge in [-0.3, -0.25) is 4.79 Å². The van der Waals surface area contributed by atoms with Crippen molar-refractivity contribution < 1.29 is 27.1 Å². The number of nitrogens with one attached hydrogen (secondary N) is 2. The molecule has 1 saturated heterocycles. The lowest BCUT2D eigenvalue weighted by Crippen LogP contribution is -2.55. The summed E-state index contributed by atoms with van der Waals surface area (Å²) in [5.74, 6) is -1.22. The zero-order valence-corrected chi connectivity index (χ0v) is 24.1. The molecule has 1 atom stereocenters. The lowest BCUT2D eigenvalue weighted by molar-refractivity contribution is -0.138. The maximum Gasteiger partial charge on any atom is 0.417 e. The van der Waals surface area contributed by atoms with Crippen LogP contribution in [-0.4, -0.2) is 68.2 Å². The molecule has 0 spiro atoms. The second kappa shape index (κ2) is 14.0. The molecule has 3 aromatic rings. The van der Waals surface area contributed by atoms with Crippen LogP contribution in [0.3, 0.4) is 0 Å². The van der Waals surface area contributed by atoms with Crippen molar-refractivity contribution in [3.63, 3.8) is 0 Å². The van der Waals surface area contributed by atoms with Gasteiger partial charge in [0.05, 0.1) is 17.7 Å². The Bertz CT molecular complexity index is 1370. The van der Waals surface area contributed by atoms with E-state index in [2.05, 4.69) is 32.7 Å². The third-order valence-electron chi connectivity index (χ3n) is 7.38. The summed E-state index contributed by atoms with van der Waals surface area (Å²) in [6.45, 7) is 7.46. The quantitative estimate of drug-likeness (QED) is 0.233. The van der Waals surface area contributed by atoms with Gasteiger partial charge in [-0.15, -0.1) is 0 Å². The molecule has 1 fully saturated rings. The minimum atomic E-state index is -4.84. The lowest BCUT2D eigenvalue weighted by Gasteiger charge is -2.43. The summed E-state index contributed by atoms with van der Waals surface area (Å²) in [6.07, 6.45) is -2.48. The normalized spacial score (nSPS) is 15.6. The molecule has 2 heterocycles. The summed E-state index contributed by atoms with van der Waals surface area (Å²) < 4.78 is 60.3. The van der Waals surface area contributed by atoms with E-state index in [1.807, 2.05) is 39.1 Å². The minimum Gasteiger partial charge on any atom is -0.478 e. The minimum absolute atomic E-state index is 0.128. The molecule has 42 heavy (non-hydrogen) atoms. The summed E-state index contributed by atoms with van der Waals surface area (Å²) in [5, 5.41) is 6.59. The molecule has 1 amide bonds. The summed E-state index contributed by atoms with van der Waals surface area (Å²) in [6, 6.07) is 12.1. The topological polar surface area (TPSA) is 69.7 Å². The number of rotatable bonds is 11. The number of carbonyl (C=O) groups is 1. The van der Waals surface area contributed by atoms with Crippen LogP contribution in [0.4, 0.5) is 23.2 Å². The van der Waals surface area contributed by atoms with Crippen LogP contribution in [-0.2, 0) is 12.7 Å². The second-order valence-electron chi connectivity index (χ2n) is 10.1. The van der Waals surface area contributed by atoms with E-state index in [1.165, 1.54) is 4.90 Å². The number of benzene rings is 2. The number of ether oxygens (including phenoxy) is 1. The Morgan fingerprint density at radius 2 is 1.90 bits per heavy atom. The van der Waals surface area contributed by atoms with Gasteiger partial charge in [0.25, 0.3) is 5.91 Å². The van der Waals surface area contributed by atoms with Crippen LogP contribution in [0.2, 0.25) is 0 Å². The first-order valence-electron chi connectivity index (χ1n) is 14.2. The Labute approximate surface area is 243 Å². The van der Waals surface area contributed by atoms with E-state index >= 15 is 0 Å². The Hall–Kier alpha value is -3.70. The van der Waals surface area contributed by atoms with Crippen LogP contribution in [0.5, 0.6) is 5.88 Å². The molecule has 0 saturated carbocycles. The predicted molar refractivity (Wildman–Crippen MR) is 155 cm³/mol. The number of hydrogen-bond donors (Lipinski definition) is 2. The van der Waals surface area contributed by atoms with Crippen molar-refractivity contribution >= 4 is 11.6 Å². The first-order chi connectivity index (χ1) is 20.2. The van der Waals surface area contributed by atoms with Crippen LogP contribution in [0, 0.1) is 5.82 Å². The SMILES string of the molecule is CCOc1ncccc1-c1ccc(N2CCN(C(=O)c3ccc(F)cc3C(F)(F)F)C[C@H]2CC)c(CNCCNC)c1. The summed E-state index contributed by atoms with van der Waals surface area (Å²) >= 11 is 0. The Morgan fingerprint density at radius 3 is 2.62 bits per heavy atom. The van der Waals surface area contributed by atoms with E-state index in [0.29, 0.717) is 38.1 Å². The third kappa shape index (κ3) is 7.19. The molecular formula is C31H37F4N5O2. The van der Waals surface area contributed by atoms with E-state index in [-0.39, 0.29) is 19.1 Å². The average molecular weight is 588 g/mol. The van der Waals surface area contributed by atoms with Gasteiger partial charge in [-0.25, -0.2) is 9.37 Å². The molecular weight excluding hydrogens is 550 g/mol. The predicted octanol–water partition coefficient (Wildman–Crippen LogP) is 5.36. The second-order valence-corrected chi connectivity index (χ2v) is 10.1. The summed E-state index contributed by atoms with van der Waals surface area (Å²) in [4.78, 5) is 21.3. The Balaban J connectivity index is 1.63. The molecule has 2 N–H and O–H groups in total. The number of anilines is 1. The van der Waals surface area contributed by atoms with Gasteiger partial charge in [0.1, 0.15) is 5.82 Å². The smallest absolute Gasteiger partial charge is 0.417 e. The zero-order valence-electron chi connectivity index (χ0n) is 24.1. The molecule has 1 aliphatic heterocycles. The van der Waals surface area contributed by atoms with Crippen molar-refractivity contribution in [2.24, 2.45) is 0 Å². The van der Waals surface area contributed by atoms with Gasteiger partial charge in [0.15, 0.2) is 0 Å². The number of hydrogen-bond acceptors (Lipinski definition) is 6. The standard InChI is InChI=1S/C31H37F4N5O2/c1-4-24-20-39(30(41)26-10-9-23(32)18-27(26)31(33,34)35)15-16-40(24)28-11-8-21(17-22(28)19-37-14-13-36-3)25-7-6-12-38-29(25)42-5-2/h6-12,17-18,24,36-37H,4-5,13-16,19-20H2,1-3H3/t24-/m1/s1. The Morgan fingerprint density at radius 1 is 1.10 bits per heavy atom. The average Bonchev–Trinajstić information content (AvgIpc) is 2.98. The molecule has 0 bridgehead atoms.